The lowest BCUT2D eigenvalue weighted by Gasteiger charge is -2.31. The summed E-state index contributed by atoms with van der Waals surface area (Å²) in [6.45, 7) is 4.62. The third-order valence-corrected chi connectivity index (χ3v) is 5.60. The summed E-state index contributed by atoms with van der Waals surface area (Å²) in [6.07, 6.45) is 2.25. The Morgan fingerprint density at radius 3 is 2.53 bits per heavy atom. The van der Waals surface area contributed by atoms with Crippen molar-refractivity contribution in [1.82, 2.24) is 15.3 Å². The predicted octanol–water partition coefficient (Wildman–Crippen LogP) is 5.13. The first-order chi connectivity index (χ1) is 15.5. The third kappa shape index (κ3) is 6.13. The molecule has 0 saturated carbocycles. The van der Waals surface area contributed by atoms with Crippen LogP contribution in [0.2, 0.25) is 0 Å². The second-order valence-electron chi connectivity index (χ2n) is 7.91. The van der Waals surface area contributed by atoms with E-state index in [1.165, 1.54) is 12.1 Å². The molecule has 0 spiro atoms. The van der Waals surface area contributed by atoms with Gasteiger partial charge in [-0.15, -0.1) is 0 Å². The van der Waals surface area contributed by atoms with Crippen LogP contribution in [-0.4, -0.2) is 28.2 Å². The number of hydrogen-bond acceptors (Lipinski definition) is 5. The van der Waals surface area contributed by atoms with E-state index in [9.17, 15) is 4.39 Å². The summed E-state index contributed by atoms with van der Waals surface area (Å²) in [5.41, 5.74) is 0.917. The monoisotopic (exact) mass is 451 g/mol. The average molecular weight is 452 g/mol. The Morgan fingerprint density at radius 2 is 1.81 bits per heavy atom. The molecule has 3 aromatic rings. The number of halogens is 1. The number of rotatable bonds is 6. The smallest absolute Gasteiger partial charge is 0.234 e. The van der Waals surface area contributed by atoms with Crippen molar-refractivity contribution in [3.63, 3.8) is 0 Å². The molecule has 0 atom stereocenters. The Kier molecular flexibility index (Phi) is 7.11. The van der Waals surface area contributed by atoms with Crippen LogP contribution in [0.15, 0.2) is 60.7 Å². The third-order valence-electron chi connectivity index (χ3n) is 5.35. The summed E-state index contributed by atoms with van der Waals surface area (Å²) < 4.78 is 19.1. The molecule has 8 heteroatoms. The molecule has 4 rings (SSSR count). The Bertz CT molecular complexity index is 1040. The number of ether oxygens (including phenoxy) is 1. The standard InChI is InChI=1S/C24H26FN5OS/c1-17-11-13-30(14-12-17)21-15-22(31-20-5-3-2-4-6-20)28-23(27-21)29-24(32)26-16-18-7-9-19(25)10-8-18/h2-10,15,17H,11-14,16H2,1H3,(H2,26,27,28,29,32). The number of hydrogen-bond donors (Lipinski definition) is 2. The van der Waals surface area contributed by atoms with Crippen LogP contribution in [0.5, 0.6) is 11.6 Å². The van der Waals surface area contributed by atoms with E-state index in [0.29, 0.717) is 35.2 Å². The van der Waals surface area contributed by atoms with Gasteiger partial charge in [0.15, 0.2) is 5.11 Å². The zero-order valence-corrected chi connectivity index (χ0v) is 18.7. The van der Waals surface area contributed by atoms with Gasteiger partial charge in [-0.2, -0.15) is 9.97 Å². The SMILES string of the molecule is CC1CCN(c2cc(Oc3ccccc3)nc(NC(=S)NCc3ccc(F)cc3)n2)CC1. The maximum atomic E-state index is 13.1. The maximum Gasteiger partial charge on any atom is 0.234 e. The first-order valence-corrected chi connectivity index (χ1v) is 11.1. The fourth-order valence-corrected chi connectivity index (χ4v) is 3.62. The van der Waals surface area contributed by atoms with Gasteiger partial charge in [0.05, 0.1) is 0 Å². The minimum absolute atomic E-state index is 0.266. The second-order valence-corrected chi connectivity index (χ2v) is 8.32. The first-order valence-electron chi connectivity index (χ1n) is 10.7. The molecule has 0 radical (unpaired) electrons. The lowest BCUT2D eigenvalue weighted by atomic mass is 9.99. The van der Waals surface area contributed by atoms with Crippen molar-refractivity contribution in [2.75, 3.05) is 23.3 Å². The van der Waals surface area contributed by atoms with Crippen molar-refractivity contribution < 1.29 is 9.13 Å². The summed E-state index contributed by atoms with van der Waals surface area (Å²) in [5, 5.41) is 6.54. The fraction of sp³-hybridized carbons (Fsp3) is 0.292. The number of aromatic nitrogens is 2. The molecule has 2 aromatic carbocycles. The highest BCUT2D eigenvalue weighted by atomic mass is 32.1. The molecule has 0 amide bonds. The quantitative estimate of drug-likeness (QED) is 0.504. The summed E-state index contributed by atoms with van der Waals surface area (Å²) in [6, 6.07) is 17.7. The van der Waals surface area contributed by atoms with Gasteiger partial charge in [0.2, 0.25) is 11.8 Å². The number of para-hydroxylation sites is 1. The minimum atomic E-state index is -0.266. The number of anilines is 2. The van der Waals surface area contributed by atoms with Crippen LogP contribution < -0.4 is 20.3 Å². The molecule has 1 aliphatic heterocycles. The van der Waals surface area contributed by atoms with Gasteiger partial charge in [-0.3, -0.25) is 0 Å². The topological polar surface area (TPSA) is 62.3 Å². The molecule has 1 aromatic heterocycles. The predicted molar refractivity (Wildman–Crippen MR) is 129 cm³/mol. The zero-order chi connectivity index (χ0) is 22.3. The Balaban J connectivity index is 1.48. The van der Waals surface area contributed by atoms with Gasteiger partial charge < -0.3 is 20.3 Å². The summed E-state index contributed by atoms with van der Waals surface area (Å²) >= 11 is 5.42. The normalized spacial score (nSPS) is 14.1. The van der Waals surface area contributed by atoms with E-state index < -0.39 is 0 Å². The van der Waals surface area contributed by atoms with Crippen LogP contribution in [-0.2, 0) is 6.54 Å². The molecule has 166 valence electrons. The Morgan fingerprint density at radius 1 is 1.09 bits per heavy atom. The molecule has 32 heavy (non-hydrogen) atoms. The van der Waals surface area contributed by atoms with Gasteiger partial charge in [0.1, 0.15) is 17.4 Å². The average Bonchev–Trinajstić information content (AvgIpc) is 2.80. The number of nitrogens with one attached hydrogen (secondary N) is 2. The van der Waals surface area contributed by atoms with Crippen molar-refractivity contribution in [2.24, 2.45) is 5.92 Å². The highest BCUT2D eigenvalue weighted by Gasteiger charge is 2.19. The highest BCUT2D eigenvalue weighted by molar-refractivity contribution is 7.80. The largest absolute Gasteiger partial charge is 0.439 e. The molecule has 2 N–H and O–H groups in total. The molecule has 0 bridgehead atoms. The minimum Gasteiger partial charge on any atom is -0.439 e. The van der Waals surface area contributed by atoms with Gasteiger partial charge >= 0.3 is 0 Å². The van der Waals surface area contributed by atoms with Crippen LogP contribution in [0.3, 0.4) is 0 Å². The fourth-order valence-electron chi connectivity index (χ4n) is 3.46. The molecule has 1 saturated heterocycles. The summed E-state index contributed by atoms with van der Waals surface area (Å²) in [4.78, 5) is 11.4. The number of piperidine rings is 1. The van der Waals surface area contributed by atoms with Crippen LogP contribution in [0, 0.1) is 11.7 Å². The van der Waals surface area contributed by atoms with E-state index in [1.54, 1.807) is 12.1 Å². The van der Waals surface area contributed by atoms with E-state index in [4.69, 9.17) is 17.0 Å². The van der Waals surface area contributed by atoms with Gasteiger partial charge in [0, 0.05) is 25.7 Å². The molecular weight excluding hydrogens is 425 g/mol. The molecule has 1 fully saturated rings. The van der Waals surface area contributed by atoms with E-state index in [-0.39, 0.29) is 5.82 Å². The van der Waals surface area contributed by atoms with Crippen LogP contribution in [0.4, 0.5) is 16.2 Å². The lowest BCUT2D eigenvalue weighted by molar-refractivity contribution is 0.434. The van der Waals surface area contributed by atoms with Gasteiger partial charge in [-0.25, -0.2) is 4.39 Å². The Labute approximate surface area is 192 Å². The van der Waals surface area contributed by atoms with Crippen molar-refractivity contribution >= 4 is 29.1 Å². The van der Waals surface area contributed by atoms with Crippen molar-refractivity contribution in [2.45, 2.75) is 26.3 Å². The lowest BCUT2D eigenvalue weighted by Crippen LogP contribution is -2.34. The molecule has 0 aliphatic carbocycles. The molecule has 0 unspecified atom stereocenters. The zero-order valence-electron chi connectivity index (χ0n) is 17.9. The van der Waals surface area contributed by atoms with E-state index in [2.05, 4.69) is 32.4 Å². The highest BCUT2D eigenvalue weighted by Crippen LogP contribution is 2.27. The van der Waals surface area contributed by atoms with Crippen LogP contribution in [0.25, 0.3) is 0 Å². The number of thiocarbonyl (C=S) groups is 1. The van der Waals surface area contributed by atoms with Crippen molar-refractivity contribution in [1.29, 1.82) is 0 Å². The van der Waals surface area contributed by atoms with Crippen molar-refractivity contribution in [3.8, 4) is 11.6 Å². The first kappa shape index (κ1) is 22.0. The second kappa shape index (κ2) is 10.4. The maximum absolute atomic E-state index is 13.1. The molecule has 1 aliphatic rings. The van der Waals surface area contributed by atoms with Crippen LogP contribution in [0.1, 0.15) is 25.3 Å². The van der Waals surface area contributed by atoms with Gasteiger partial charge in [-0.1, -0.05) is 37.3 Å². The van der Waals surface area contributed by atoms with E-state index >= 15 is 0 Å². The van der Waals surface area contributed by atoms with E-state index in [0.717, 1.165) is 37.3 Å². The summed E-state index contributed by atoms with van der Waals surface area (Å²) in [7, 11) is 0. The van der Waals surface area contributed by atoms with Crippen molar-refractivity contribution in [3.05, 3.63) is 72.0 Å². The number of benzene rings is 2. The molecule has 6 nitrogen and oxygen atoms in total. The summed E-state index contributed by atoms with van der Waals surface area (Å²) in [5.74, 6) is 2.77. The Hall–Kier alpha value is -3.26. The van der Waals surface area contributed by atoms with E-state index in [1.807, 2.05) is 36.4 Å². The number of nitrogens with zero attached hydrogens (tertiary/aromatic N) is 3. The van der Waals surface area contributed by atoms with Gasteiger partial charge in [0.25, 0.3) is 0 Å². The van der Waals surface area contributed by atoms with Gasteiger partial charge in [-0.05, 0) is 60.8 Å². The molecular formula is C24H26FN5OS. The van der Waals surface area contributed by atoms with Crippen LogP contribution >= 0.6 is 12.2 Å². The molecule has 2 heterocycles.